The normalized spacial score (nSPS) is 9.31. The van der Waals surface area contributed by atoms with Gasteiger partial charge in [0.15, 0.2) is 5.03 Å². The summed E-state index contributed by atoms with van der Waals surface area (Å²) in [5, 5.41) is 11.3. The van der Waals surface area contributed by atoms with Crippen molar-refractivity contribution in [1.29, 1.82) is 0 Å². The Morgan fingerprint density at radius 2 is 2.08 bits per heavy atom. The zero-order valence-electron chi connectivity index (χ0n) is 7.71. The number of amides is 2. The van der Waals surface area contributed by atoms with Crippen LogP contribution in [0.5, 0.6) is 0 Å². The number of nitrogens with zero attached hydrogens (tertiary/aromatic N) is 1. The summed E-state index contributed by atoms with van der Waals surface area (Å²) in [5.41, 5.74) is 1.51. The van der Waals surface area contributed by atoms with Crippen molar-refractivity contribution in [2.24, 2.45) is 0 Å². The SMILES string of the molecule is CCCCCCNC(=O)N[N+](=O)[O-]. The van der Waals surface area contributed by atoms with Crippen LogP contribution in [0, 0.1) is 10.1 Å². The number of hydrogen-bond donors (Lipinski definition) is 2. The van der Waals surface area contributed by atoms with Crippen molar-refractivity contribution < 1.29 is 9.83 Å². The van der Waals surface area contributed by atoms with E-state index in [9.17, 15) is 14.9 Å². The molecule has 0 fully saturated rings. The van der Waals surface area contributed by atoms with Crippen molar-refractivity contribution in [3.05, 3.63) is 10.1 Å². The summed E-state index contributed by atoms with van der Waals surface area (Å²) in [6.07, 6.45) is 4.15. The smallest absolute Gasteiger partial charge is 0.334 e. The second-order valence-corrected chi connectivity index (χ2v) is 2.69. The topological polar surface area (TPSA) is 84.3 Å². The van der Waals surface area contributed by atoms with Gasteiger partial charge in [-0.05, 0) is 6.42 Å². The maximum absolute atomic E-state index is 10.6. The van der Waals surface area contributed by atoms with E-state index in [1.807, 2.05) is 0 Å². The summed E-state index contributed by atoms with van der Waals surface area (Å²) in [4.78, 5) is 20.4. The van der Waals surface area contributed by atoms with Gasteiger partial charge in [-0.25, -0.2) is 14.9 Å². The van der Waals surface area contributed by atoms with E-state index in [1.54, 1.807) is 0 Å². The van der Waals surface area contributed by atoms with Crippen molar-refractivity contribution in [2.45, 2.75) is 32.6 Å². The Labute approximate surface area is 76.8 Å². The number of urea groups is 1. The average molecular weight is 189 g/mol. The van der Waals surface area contributed by atoms with Crippen LogP contribution in [-0.4, -0.2) is 17.6 Å². The van der Waals surface area contributed by atoms with Gasteiger partial charge in [0.05, 0.1) is 0 Å². The Bertz CT molecular complexity index is 172. The van der Waals surface area contributed by atoms with Gasteiger partial charge in [-0.15, -0.1) is 0 Å². The number of nitrogens with one attached hydrogen (secondary N) is 2. The molecular formula is C7H15N3O3. The highest BCUT2D eigenvalue weighted by Gasteiger charge is 2.04. The summed E-state index contributed by atoms with van der Waals surface area (Å²) in [6, 6.07) is -0.749. The highest BCUT2D eigenvalue weighted by Crippen LogP contribution is 1.96. The highest BCUT2D eigenvalue weighted by molar-refractivity contribution is 5.72. The highest BCUT2D eigenvalue weighted by atomic mass is 16.7. The fourth-order valence-corrected chi connectivity index (χ4v) is 0.876. The summed E-state index contributed by atoms with van der Waals surface area (Å²) in [6.45, 7) is 2.58. The fraction of sp³-hybridized carbons (Fsp3) is 0.857. The van der Waals surface area contributed by atoms with Crippen LogP contribution in [0.25, 0.3) is 0 Å². The van der Waals surface area contributed by atoms with Gasteiger partial charge in [0.1, 0.15) is 0 Å². The molecule has 0 aliphatic heterocycles. The molecule has 0 aromatic rings. The van der Waals surface area contributed by atoms with Gasteiger partial charge in [-0.3, -0.25) is 0 Å². The number of hydrazine groups is 1. The third kappa shape index (κ3) is 8.58. The number of hydrogen-bond acceptors (Lipinski definition) is 3. The van der Waals surface area contributed by atoms with Gasteiger partial charge in [0.2, 0.25) is 0 Å². The van der Waals surface area contributed by atoms with Crippen LogP contribution < -0.4 is 10.7 Å². The minimum Gasteiger partial charge on any atom is -0.334 e. The molecule has 6 nitrogen and oxygen atoms in total. The van der Waals surface area contributed by atoms with E-state index in [0.29, 0.717) is 6.54 Å². The van der Waals surface area contributed by atoms with Crippen molar-refractivity contribution in [3.8, 4) is 0 Å². The predicted molar refractivity (Wildman–Crippen MR) is 47.7 cm³/mol. The molecule has 2 amide bonds. The van der Waals surface area contributed by atoms with Crippen molar-refractivity contribution in [1.82, 2.24) is 10.7 Å². The summed E-state index contributed by atoms with van der Waals surface area (Å²) in [7, 11) is 0. The molecule has 0 aliphatic carbocycles. The van der Waals surface area contributed by atoms with Gasteiger partial charge in [-0.1, -0.05) is 31.6 Å². The van der Waals surface area contributed by atoms with Crippen LogP contribution in [0.3, 0.4) is 0 Å². The largest absolute Gasteiger partial charge is 0.372 e. The molecule has 0 saturated carbocycles. The monoisotopic (exact) mass is 189 g/mol. The van der Waals surface area contributed by atoms with Crippen LogP contribution in [0.4, 0.5) is 4.79 Å². The zero-order valence-corrected chi connectivity index (χ0v) is 7.71. The first kappa shape index (κ1) is 11.7. The first-order valence-corrected chi connectivity index (χ1v) is 4.35. The molecule has 0 rings (SSSR count). The molecule has 76 valence electrons. The number of unbranched alkanes of at least 4 members (excludes halogenated alkanes) is 3. The summed E-state index contributed by atoms with van der Waals surface area (Å²) >= 11 is 0. The summed E-state index contributed by atoms with van der Waals surface area (Å²) < 4.78 is 0. The lowest BCUT2D eigenvalue weighted by Crippen LogP contribution is -2.39. The molecular weight excluding hydrogens is 174 g/mol. The molecule has 0 atom stereocenters. The second-order valence-electron chi connectivity index (χ2n) is 2.69. The molecule has 2 N–H and O–H groups in total. The molecule has 0 aliphatic rings. The van der Waals surface area contributed by atoms with Gasteiger partial charge >= 0.3 is 6.03 Å². The van der Waals surface area contributed by atoms with E-state index < -0.39 is 11.1 Å². The van der Waals surface area contributed by atoms with E-state index >= 15 is 0 Å². The Balaban J connectivity index is 3.22. The number of carbonyl (C=O) groups excluding carboxylic acids is 1. The first-order chi connectivity index (χ1) is 6.16. The lowest BCUT2D eigenvalue weighted by atomic mass is 10.2. The van der Waals surface area contributed by atoms with Gasteiger partial charge in [0, 0.05) is 6.54 Å². The van der Waals surface area contributed by atoms with Crippen molar-refractivity contribution in [3.63, 3.8) is 0 Å². The first-order valence-electron chi connectivity index (χ1n) is 4.35. The van der Waals surface area contributed by atoms with Crippen LogP contribution in [-0.2, 0) is 0 Å². The molecule has 0 radical (unpaired) electrons. The van der Waals surface area contributed by atoms with E-state index in [0.717, 1.165) is 25.7 Å². The molecule has 0 aromatic carbocycles. The summed E-state index contributed by atoms with van der Waals surface area (Å²) in [5.74, 6) is 0. The minimum absolute atomic E-state index is 0.486. The van der Waals surface area contributed by atoms with Gasteiger partial charge in [0.25, 0.3) is 0 Å². The lowest BCUT2D eigenvalue weighted by Gasteiger charge is -2.01. The molecule has 0 saturated heterocycles. The van der Waals surface area contributed by atoms with E-state index in [1.165, 1.54) is 5.43 Å². The maximum Gasteiger partial charge on any atom is 0.372 e. The maximum atomic E-state index is 10.6. The molecule has 0 aromatic heterocycles. The molecule has 13 heavy (non-hydrogen) atoms. The quantitative estimate of drug-likeness (QED) is 0.372. The average Bonchev–Trinajstić information content (AvgIpc) is 2.02. The molecule has 0 spiro atoms. The minimum atomic E-state index is -0.874. The van der Waals surface area contributed by atoms with E-state index in [2.05, 4.69) is 12.2 Å². The second kappa shape index (κ2) is 7.33. The third-order valence-corrected chi connectivity index (χ3v) is 1.51. The van der Waals surface area contributed by atoms with E-state index in [-0.39, 0.29) is 0 Å². The molecule has 0 unspecified atom stereocenters. The van der Waals surface area contributed by atoms with E-state index in [4.69, 9.17) is 0 Å². The van der Waals surface area contributed by atoms with Crippen LogP contribution in [0.2, 0.25) is 0 Å². The fourth-order valence-electron chi connectivity index (χ4n) is 0.876. The van der Waals surface area contributed by atoms with Crippen LogP contribution in [0.15, 0.2) is 0 Å². The zero-order chi connectivity index (χ0) is 10.1. The lowest BCUT2D eigenvalue weighted by molar-refractivity contribution is -0.527. The number of rotatable bonds is 6. The van der Waals surface area contributed by atoms with Crippen LogP contribution in [0.1, 0.15) is 32.6 Å². The molecule has 6 heteroatoms. The Kier molecular flexibility index (Phi) is 6.58. The number of carbonyl (C=O) groups is 1. The Morgan fingerprint density at radius 1 is 1.38 bits per heavy atom. The third-order valence-electron chi connectivity index (χ3n) is 1.51. The molecule has 0 heterocycles. The van der Waals surface area contributed by atoms with Crippen molar-refractivity contribution >= 4 is 6.03 Å². The Hall–Kier alpha value is -1.33. The van der Waals surface area contributed by atoms with Crippen LogP contribution >= 0.6 is 0 Å². The standard InChI is InChI=1S/C7H15N3O3/c1-2-3-4-5-6-8-7(11)9-10(12)13/h2-6H2,1H3,(H2,8,9,11). The van der Waals surface area contributed by atoms with Crippen molar-refractivity contribution in [2.75, 3.05) is 6.54 Å². The predicted octanol–water partition coefficient (Wildman–Crippen LogP) is 1.06. The number of nitro groups is 1. The molecule has 0 bridgehead atoms. The van der Waals surface area contributed by atoms with Gasteiger partial charge in [-0.2, -0.15) is 0 Å². The van der Waals surface area contributed by atoms with Gasteiger partial charge < -0.3 is 5.32 Å². The Morgan fingerprint density at radius 3 is 2.62 bits per heavy atom.